The van der Waals surface area contributed by atoms with Gasteiger partial charge < -0.3 is 15.0 Å². The van der Waals surface area contributed by atoms with Gasteiger partial charge in [0.05, 0.1) is 25.5 Å². The van der Waals surface area contributed by atoms with E-state index in [-0.39, 0.29) is 6.03 Å². The molecule has 1 aliphatic rings. The van der Waals surface area contributed by atoms with Crippen LogP contribution in [0.25, 0.3) is 0 Å². The summed E-state index contributed by atoms with van der Waals surface area (Å²) < 4.78 is 5.26. The summed E-state index contributed by atoms with van der Waals surface area (Å²) in [4.78, 5) is 19.7. The van der Waals surface area contributed by atoms with Crippen LogP contribution in [0, 0.1) is 6.92 Å². The minimum Gasteiger partial charge on any atom is -0.378 e. The molecule has 1 fully saturated rings. The Hall–Kier alpha value is -1.92. The van der Waals surface area contributed by atoms with Gasteiger partial charge in [0, 0.05) is 24.4 Å². The van der Waals surface area contributed by atoms with Crippen LogP contribution in [0.5, 0.6) is 0 Å². The maximum Gasteiger partial charge on any atom is 0.317 e. The second-order valence-electron chi connectivity index (χ2n) is 5.54. The Morgan fingerprint density at radius 2 is 2.04 bits per heavy atom. The first-order chi connectivity index (χ1) is 11.2. The number of hydrogen-bond donors (Lipinski definition) is 1. The van der Waals surface area contributed by atoms with Gasteiger partial charge in [0.2, 0.25) is 0 Å². The van der Waals surface area contributed by atoms with Gasteiger partial charge in [-0.15, -0.1) is 11.3 Å². The zero-order valence-corrected chi connectivity index (χ0v) is 14.1. The lowest BCUT2D eigenvalue weighted by Gasteiger charge is -2.26. The maximum absolute atomic E-state index is 12.1. The standard InChI is InChI=1S/C17H21N3O2S/c1-13-15(11-14-5-3-2-4-6-14)23-16(19-13)12-18-17(21)20-7-9-22-10-8-20/h2-6H,7-12H2,1H3,(H,18,21). The van der Waals surface area contributed by atoms with Crippen LogP contribution in [0.1, 0.15) is 21.1 Å². The molecule has 2 amide bonds. The molecule has 0 bridgehead atoms. The van der Waals surface area contributed by atoms with E-state index < -0.39 is 0 Å². The highest BCUT2D eigenvalue weighted by Gasteiger charge is 2.17. The van der Waals surface area contributed by atoms with Crippen molar-refractivity contribution in [3.05, 3.63) is 51.5 Å². The number of amides is 2. The lowest BCUT2D eigenvalue weighted by atomic mass is 10.1. The summed E-state index contributed by atoms with van der Waals surface area (Å²) in [7, 11) is 0. The molecule has 0 saturated carbocycles. The number of nitrogens with zero attached hydrogens (tertiary/aromatic N) is 2. The SMILES string of the molecule is Cc1nc(CNC(=O)N2CCOCC2)sc1Cc1ccccc1. The van der Waals surface area contributed by atoms with E-state index in [2.05, 4.69) is 34.6 Å². The first kappa shape index (κ1) is 16.0. The average molecular weight is 331 g/mol. The van der Waals surface area contributed by atoms with Crippen LogP contribution in [-0.2, 0) is 17.7 Å². The molecule has 0 aliphatic carbocycles. The highest BCUT2D eigenvalue weighted by atomic mass is 32.1. The summed E-state index contributed by atoms with van der Waals surface area (Å²) in [5, 5.41) is 3.91. The van der Waals surface area contributed by atoms with Crippen molar-refractivity contribution < 1.29 is 9.53 Å². The topological polar surface area (TPSA) is 54.5 Å². The van der Waals surface area contributed by atoms with E-state index in [1.54, 1.807) is 16.2 Å². The Morgan fingerprint density at radius 1 is 1.30 bits per heavy atom. The molecule has 1 aliphatic heterocycles. The van der Waals surface area contributed by atoms with E-state index in [0.717, 1.165) is 17.1 Å². The number of aromatic nitrogens is 1. The lowest BCUT2D eigenvalue weighted by molar-refractivity contribution is 0.0531. The first-order valence-corrected chi connectivity index (χ1v) is 8.63. The molecule has 122 valence electrons. The zero-order chi connectivity index (χ0) is 16.1. The minimum atomic E-state index is -0.0363. The van der Waals surface area contributed by atoms with Crippen LogP contribution < -0.4 is 5.32 Å². The van der Waals surface area contributed by atoms with Crippen LogP contribution in [0.15, 0.2) is 30.3 Å². The number of nitrogens with one attached hydrogen (secondary N) is 1. The number of aryl methyl sites for hydroxylation is 1. The summed E-state index contributed by atoms with van der Waals surface area (Å²) in [5.41, 5.74) is 2.33. The molecule has 1 aromatic heterocycles. The predicted octanol–water partition coefficient (Wildman–Crippen LogP) is 2.58. The smallest absolute Gasteiger partial charge is 0.317 e. The largest absolute Gasteiger partial charge is 0.378 e. The molecule has 0 unspecified atom stereocenters. The fourth-order valence-corrected chi connectivity index (χ4v) is 3.58. The number of thiazole rings is 1. The first-order valence-electron chi connectivity index (χ1n) is 7.82. The lowest BCUT2D eigenvalue weighted by Crippen LogP contribution is -2.45. The number of morpholine rings is 1. The van der Waals surface area contributed by atoms with E-state index in [1.807, 2.05) is 13.0 Å². The van der Waals surface area contributed by atoms with Crippen LogP contribution >= 0.6 is 11.3 Å². The second-order valence-corrected chi connectivity index (χ2v) is 6.70. The summed E-state index contributed by atoms with van der Waals surface area (Å²) in [5.74, 6) is 0. The van der Waals surface area contributed by atoms with Crippen LogP contribution in [-0.4, -0.2) is 42.2 Å². The normalized spacial score (nSPS) is 14.7. The molecule has 1 saturated heterocycles. The third-order valence-corrected chi connectivity index (χ3v) is 4.99. The molecule has 0 radical (unpaired) electrons. The van der Waals surface area contributed by atoms with E-state index in [1.165, 1.54) is 10.4 Å². The maximum atomic E-state index is 12.1. The Morgan fingerprint density at radius 3 is 2.78 bits per heavy atom. The predicted molar refractivity (Wildman–Crippen MR) is 90.7 cm³/mol. The summed E-state index contributed by atoms with van der Waals surface area (Å²) >= 11 is 1.67. The zero-order valence-electron chi connectivity index (χ0n) is 13.2. The highest BCUT2D eigenvalue weighted by molar-refractivity contribution is 7.11. The molecular formula is C17H21N3O2S. The van der Waals surface area contributed by atoms with Gasteiger partial charge in [-0.3, -0.25) is 0 Å². The second kappa shape index (κ2) is 7.57. The van der Waals surface area contributed by atoms with Gasteiger partial charge in [-0.25, -0.2) is 9.78 Å². The molecule has 1 N–H and O–H groups in total. The van der Waals surface area contributed by atoms with Crippen molar-refractivity contribution in [3.8, 4) is 0 Å². The van der Waals surface area contributed by atoms with Crippen molar-refractivity contribution in [3.63, 3.8) is 0 Å². The van der Waals surface area contributed by atoms with E-state index in [0.29, 0.717) is 32.8 Å². The number of ether oxygens (including phenoxy) is 1. The fourth-order valence-electron chi connectivity index (χ4n) is 2.54. The van der Waals surface area contributed by atoms with Gasteiger partial charge >= 0.3 is 6.03 Å². The fraction of sp³-hybridized carbons (Fsp3) is 0.412. The van der Waals surface area contributed by atoms with E-state index in [9.17, 15) is 4.79 Å². The van der Waals surface area contributed by atoms with Gasteiger partial charge in [0.15, 0.2) is 0 Å². The molecule has 1 aromatic carbocycles. The Labute approximate surface area is 140 Å². The number of carbonyl (C=O) groups excluding carboxylic acids is 1. The molecule has 2 heterocycles. The van der Waals surface area contributed by atoms with Crippen molar-refractivity contribution >= 4 is 17.4 Å². The molecule has 3 rings (SSSR count). The van der Waals surface area contributed by atoms with Gasteiger partial charge in [-0.05, 0) is 12.5 Å². The minimum absolute atomic E-state index is 0.0363. The molecule has 23 heavy (non-hydrogen) atoms. The molecule has 0 spiro atoms. The number of carbonyl (C=O) groups is 1. The quantitative estimate of drug-likeness (QED) is 0.937. The van der Waals surface area contributed by atoms with E-state index in [4.69, 9.17) is 4.74 Å². The Bertz CT molecular complexity index is 651. The van der Waals surface area contributed by atoms with Crippen molar-refractivity contribution in [2.75, 3.05) is 26.3 Å². The molecular weight excluding hydrogens is 310 g/mol. The number of urea groups is 1. The third-order valence-electron chi connectivity index (χ3n) is 3.83. The summed E-state index contributed by atoms with van der Waals surface area (Å²) in [6.07, 6.45) is 0.891. The molecule has 0 atom stereocenters. The highest BCUT2D eigenvalue weighted by Crippen LogP contribution is 2.21. The van der Waals surface area contributed by atoms with Crippen molar-refractivity contribution in [1.82, 2.24) is 15.2 Å². The van der Waals surface area contributed by atoms with Crippen LogP contribution in [0.3, 0.4) is 0 Å². The Balaban J connectivity index is 1.56. The van der Waals surface area contributed by atoms with Gasteiger partial charge in [0.1, 0.15) is 5.01 Å². The van der Waals surface area contributed by atoms with Crippen molar-refractivity contribution in [2.24, 2.45) is 0 Å². The van der Waals surface area contributed by atoms with Crippen LogP contribution in [0.4, 0.5) is 4.79 Å². The monoisotopic (exact) mass is 331 g/mol. The van der Waals surface area contributed by atoms with E-state index >= 15 is 0 Å². The number of benzene rings is 1. The van der Waals surface area contributed by atoms with Gasteiger partial charge in [-0.2, -0.15) is 0 Å². The number of hydrogen-bond acceptors (Lipinski definition) is 4. The van der Waals surface area contributed by atoms with Gasteiger partial charge in [-0.1, -0.05) is 30.3 Å². The molecule has 6 heteroatoms. The molecule has 5 nitrogen and oxygen atoms in total. The summed E-state index contributed by atoms with van der Waals surface area (Å²) in [6.45, 7) is 5.05. The number of rotatable bonds is 4. The summed E-state index contributed by atoms with van der Waals surface area (Å²) in [6, 6.07) is 10.3. The molecule has 2 aromatic rings. The van der Waals surface area contributed by atoms with Crippen molar-refractivity contribution in [1.29, 1.82) is 0 Å². The third kappa shape index (κ3) is 4.30. The van der Waals surface area contributed by atoms with Crippen molar-refractivity contribution in [2.45, 2.75) is 19.9 Å². The van der Waals surface area contributed by atoms with Gasteiger partial charge in [0.25, 0.3) is 0 Å². The average Bonchev–Trinajstić information content (AvgIpc) is 2.94. The Kier molecular flexibility index (Phi) is 5.25. The van der Waals surface area contributed by atoms with Crippen LogP contribution in [0.2, 0.25) is 0 Å².